The Bertz CT molecular complexity index is 818. The van der Waals surface area contributed by atoms with Crippen molar-refractivity contribution in [2.75, 3.05) is 0 Å². The minimum atomic E-state index is -0.287. The van der Waals surface area contributed by atoms with Gasteiger partial charge in [-0.3, -0.25) is 14.4 Å². The fourth-order valence-electron chi connectivity index (χ4n) is 8.13. The number of fused-ring (bicyclic) bond motifs is 6. The van der Waals surface area contributed by atoms with Crippen LogP contribution >= 0.6 is 11.8 Å². The lowest BCUT2D eigenvalue weighted by atomic mass is 9.46. The lowest BCUT2D eigenvalue weighted by Crippen LogP contribution is -2.57. The van der Waals surface area contributed by atoms with Crippen molar-refractivity contribution in [1.82, 2.24) is 0 Å². The van der Waals surface area contributed by atoms with Crippen LogP contribution < -0.4 is 0 Å². The van der Waals surface area contributed by atoms with Gasteiger partial charge in [-0.1, -0.05) is 31.2 Å². The summed E-state index contributed by atoms with van der Waals surface area (Å²) in [5.41, 5.74) is 1.09. The second kappa shape index (κ2) is 6.45. The first-order valence-corrected chi connectivity index (χ1v) is 12.2. The average Bonchev–Trinajstić information content (AvgIpc) is 3.17. The number of allylic oxidation sites excluding steroid dienone is 1. The fourth-order valence-corrected chi connectivity index (χ4v) is 9.36. The summed E-state index contributed by atoms with van der Waals surface area (Å²) in [4.78, 5) is 36.4. The first-order valence-electron chi connectivity index (χ1n) is 11.3. The third kappa shape index (κ3) is 2.68. The summed E-state index contributed by atoms with van der Waals surface area (Å²) in [6, 6.07) is 0. The lowest BCUT2D eigenvalue weighted by Gasteiger charge is -2.61. The minimum absolute atomic E-state index is 0.0119. The SMILES string of the molecule is CC(=O)S[C@H]1CC2=CC(=O)CC[C@]2(C)[C@H]2CC[C@@]3(C)[C@@H](CCC34CCC(=O)O4)[C@H]12. The number of hydrogen-bond donors (Lipinski definition) is 0. The summed E-state index contributed by atoms with van der Waals surface area (Å²) in [6.07, 6.45) is 10.0. The van der Waals surface area contributed by atoms with Gasteiger partial charge in [-0.15, -0.1) is 0 Å². The maximum absolute atomic E-state index is 12.2. The molecule has 5 rings (SSSR count). The molecule has 0 aromatic rings. The van der Waals surface area contributed by atoms with E-state index in [2.05, 4.69) is 13.8 Å². The van der Waals surface area contributed by atoms with Crippen LogP contribution in [0.5, 0.6) is 0 Å². The Morgan fingerprint density at radius 3 is 2.52 bits per heavy atom. The predicted octanol–water partition coefficient (Wildman–Crippen LogP) is 4.85. The number of hydrogen-bond acceptors (Lipinski definition) is 5. The molecule has 4 aliphatic carbocycles. The molecule has 0 bridgehead atoms. The maximum Gasteiger partial charge on any atom is 0.306 e. The van der Waals surface area contributed by atoms with Gasteiger partial charge in [-0.2, -0.15) is 0 Å². The molecule has 158 valence electrons. The highest BCUT2D eigenvalue weighted by atomic mass is 32.2. The molecule has 0 radical (unpaired) electrons. The van der Waals surface area contributed by atoms with Crippen LogP contribution in [0.3, 0.4) is 0 Å². The third-order valence-electron chi connectivity index (χ3n) is 9.61. The van der Waals surface area contributed by atoms with Crippen LogP contribution in [0.25, 0.3) is 0 Å². The van der Waals surface area contributed by atoms with Crippen molar-refractivity contribution in [2.24, 2.45) is 28.6 Å². The van der Waals surface area contributed by atoms with Crippen molar-refractivity contribution in [3.63, 3.8) is 0 Å². The van der Waals surface area contributed by atoms with E-state index in [1.165, 1.54) is 17.3 Å². The van der Waals surface area contributed by atoms with Crippen molar-refractivity contribution in [3.05, 3.63) is 11.6 Å². The van der Waals surface area contributed by atoms with E-state index in [9.17, 15) is 14.4 Å². The van der Waals surface area contributed by atoms with Crippen LogP contribution in [0.15, 0.2) is 11.6 Å². The van der Waals surface area contributed by atoms with Gasteiger partial charge < -0.3 is 4.74 Å². The standard InChI is InChI=1S/C24H32O4S/c1-14(25)29-19-13-15-12-16(26)4-8-22(15,2)17-5-9-23(3)18(21(17)19)6-10-24(23)11-7-20(27)28-24/h12,17-19,21H,4-11,13H2,1-3H3/t17-,18-,19-,21+,22-,23-,24?/m0/s1. The van der Waals surface area contributed by atoms with Crippen LogP contribution in [-0.2, 0) is 19.1 Å². The topological polar surface area (TPSA) is 60.4 Å². The van der Waals surface area contributed by atoms with Crippen LogP contribution in [0, 0.1) is 28.6 Å². The first-order chi connectivity index (χ1) is 13.7. The Kier molecular flexibility index (Phi) is 4.41. The molecule has 0 amide bonds. The van der Waals surface area contributed by atoms with E-state index in [4.69, 9.17) is 4.74 Å². The smallest absolute Gasteiger partial charge is 0.306 e. The van der Waals surface area contributed by atoms with E-state index >= 15 is 0 Å². The maximum atomic E-state index is 12.2. The van der Waals surface area contributed by atoms with Crippen LogP contribution in [0.4, 0.5) is 0 Å². The molecule has 7 atom stereocenters. The van der Waals surface area contributed by atoms with Gasteiger partial charge in [0.2, 0.25) is 0 Å². The van der Waals surface area contributed by atoms with E-state index in [1.54, 1.807) is 6.92 Å². The van der Waals surface area contributed by atoms with Gasteiger partial charge in [-0.05, 0) is 74.2 Å². The quantitative estimate of drug-likeness (QED) is 0.572. The van der Waals surface area contributed by atoms with Gasteiger partial charge in [0.15, 0.2) is 10.9 Å². The van der Waals surface area contributed by atoms with E-state index in [0.717, 1.165) is 44.9 Å². The minimum Gasteiger partial charge on any atom is -0.458 e. The number of ether oxygens (including phenoxy) is 1. The molecule has 3 saturated carbocycles. The summed E-state index contributed by atoms with van der Waals surface area (Å²) in [7, 11) is 0. The number of rotatable bonds is 1. The molecule has 1 saturated heterocycles. The largest absolute Gasteiger partial charge is 0.458 e. The molecular weight excluding hydrogens is 384 g/mol. The molecule has 1 unspecified atom stereocenters. The van der Waals surface area contributed by atoms with Gasteiger partial charge >= 0.3 is 5.97 Å². The van der Waals surface area contributed by atoms with E-state index in [-0.39, 0.29) is 38.5 Å². The molecular formula is C24H32O4S. The summed E-state index contributed by atoms with van der Waals surface area (Å²) >= 11 is 1.50. The zero-order valence-corrected chi connectivity index (χ0v) is 18.6. The van der Waals surface area contributed by atoms with Crippen molar-refractivity contribution < 1.29 is 19.1 Å². The molecule has 1 spiro atoms. The molecule has 1 heterocycles. The zero-order valence-electron chi connectivity index (χ0n) is 17.8. The summed E-state index contributed by atoms with van der Waals surface area (Å²) in [6.45, 7) is 6.42. The second-order valence-electron chi connectivity index (χ2n) is 10.7. The first kappa shape index (κ1) is 19.8. The van der Waals surface area contributed by atoms with E-state index in [0.29, 0.717) is 30.6 Å². The molecule has 0 aromatic carbocycles. The number of esters is 1. The molecule has 5 heteroatoms. The predicted molar refractivity (Wildman–Crippen MR) is 112 cm³/mol. The number of carbonyl (C=O) groups excluding carboxylic acids is 3. The molecule has 4 nitrogen and oxygen atoms in total. The average molecular weight is 417 g/mol. The fraction of sp³-hybridized carbons (Fsp3) is 0.792. The van der Waals surface area contributed by atoms with Crippen molar-refractivity contribution >= 4 is 28.6 Å². The monoisotopic (exact) mass is 416 g/mol. The molecule has 5 aliphatic rings. The normalized spacial score (nSPS) is 48.6. The molecule has 29 heavy (non-hydrogen) atoms. The van der Waals surface area contributed by atoms with Crippen molar-refractivity contribution in [3.8, 4) is 0 Å². The van der Waals surface area contributed by atoms with Crippen LogP contribution in [0.2, 0.25) is 0 Å². The van der Waals surface area contributed by atoms with Crippen molar-refractivity contribution in [2.45, 2.75) is 89.4 Å². The molecule has 0 aromatic heterocycles. The van der Waals surface area contributed by atoms with E-state index in [1.807, 2.05) is 6.08 Å². The summed E-state index contributed by atoms with van der Waals surface area (Å²) in [5.74, 6) is 1.67. The Balaban J connectivity index is 1.56. The molecule has 4 fully saturated rings. The van der Waals surface area contributed by atoms with Gasteiger partial charge in [0.1, 0.15) is 5.60 Å². The van der Waals surface area contributed by atoms with Crippen molar-refractivity contribution in [1.29, 1.82) is 0 Å². The van der Waals surface area contributed by atoms with Crippen LogP contribution in [0.1, 0.15) is 78.6 Å². The lowest BCUT2D eigenvalue weighted by molar-refractivity contribution is -0.167. The molecule has 0 N–H and O–H groups in total. The Morgan fingerprint density at radius 2 is 1.83 bits per heavy atom. The Labute approximate surface area is 177 Å². The third-order valence-corrected chi connectivity index (χ3v) is 10.7. The summed E-state index contributed by atoms with van der Waals surface area (Å²) < 4.78 is 6.06. The Hall–Kier alpha value is -1.10. The van der Waals surface area contributed by atoms with Crippen LogP contribution in [-0.4, -0.2) is 27.7 Å². The molecule has 1 aliphatic heterocycles. The zero-order chi connectivity index (χ0) is 20.6. The summed E-state index contributed by atoms with van der Waals surface area (Å²) in [5, 5.41) is 0.409. The Morgan fingerprint density at radius 1 is 1.07 bits per heavy atom. The van der Waals surface area contributed by atoms with Gasteiger partial charge in [0, 0.05) is 30.4 Å². The number of ketones is 1. The highest BCUT2D eigenvalue weighted by Gasteiger charge is 2.68. The van der Waals surface area contributed by atoms with E-state index < -0.39 is 0 Å². The van der Waals surface area contributed by atoms with Gasteiger partial charge in [0.05, 0.1) is 0 Å². The van der Waals surface area contributed by atoms with Gasteiger partial charge in [0.25, 0.3) is 0 Å². The highest BCUT2D eigenvalue weighted by Crippen LogP contribution is 2.70. The highest BCUT2D eigenvalue weighted by molar-refractivity contribution is 8.14. The number of carbonyl (C=O) groups is 3. The number of thioether (sulfide) groups is 1. The second-order valence-corrected chi connectivity index (χ2v) is 12.1. The van der Waals surface area contributed by atoms with Gasteiger partial charge in [-0.25, -0.2) is 0 Å².